The van der Waals surface area contributed by atoms with Crippen LogP contribution in [0.15, 0.2) is 12.1 Å². The van der Waals surface area contributed by atoms with Gasteiger partial charge in [0.2, 0.25) is 12.0 Å². The van der Waals surface area contributed by atoms with Crippen LogP contribution in [0.5, 0.6) is 17.2 Å². The van der Waals surface area contributed by atoms with E-state index in [2.05, 4.69) is 0 Å². The number of aliphatic hydroxyl groups excluding tert-OH is 4. The number of benzene rings is 1. The van der Waals surface area contributed by atoms with Crippen LogP contribution in [0, 0.1) is 0 Å². The van der Waals surface area contributed by atoms with Crippen LogP contribution in [-0.2, 0) is 4.74 Å². The maximum Gasteiger partial charge on any atom is 0.335 e. The maximum atomic E-state index is 10.8. The smallest absolute Gasteiger partial charge is 0.335 e. The molecule has 0 spiro atoms. The third-order valence-corrected chi connectivity index (χ3v) is 3.38. The van der Waals surface area contributed by atoms with E-state index in [1.165, 1.54) is 0 Å². The summed E-state index contributed by atoms with van der Waals surface area (Å²) in [6.45, 7) is -0.680. The molecule has 1 aromatic carbocycles. The van der Waals surface area contributed by atoms with Crippen LogP contribution >= 0.6 is 0 Å². The number of carboxylic acid groups (broad SMARTS) is 1. The van der Waals surface area contributed by atoms with Gasteiger partial charge in [0.1, 0.15) is 24.4 Å². The minimum atomic E-state index is -1.74. The second-order valence-electron chi connectivity index (χ2n) is 4.96. The van der Waals surface area contributed by atoms with Gasteiger partial charge in [0.25, 0.3) is 0 Å². The Morgan fingerprint density at radius 1 is 1.09 bits per heavy atom. The van der Waals surface area contributed by atoms with E-state index in [-0.39, 0.29) is 0 Å². The van der Waals surface area contributed by atoms with E-state index >= 15 is 0 Å². The molecule has 0 saturated carbocycles. The van der Waals surface area contributed by atoms with Crippen molar-refractivity contribution in [2.45, 2.75) is 30.7 Å². The van der Waals surface area contributed by atoms with Gasteiger partial charge in [-0.05, 0) is 12.1 Å². The monoisotopic (exact) mass is 332 g/mol. The predicted molar refractivity (Wildman–Crippen MR) is 71.1 cm³/mol. The van der Waals surface area contributed by atoms with Crippen LogP contribution in [-0.4, -0.2) is 79.0 Å². The van der Waals surface area contributed by atoms with Gasteiger partial charge in [-0.1, -0.05) is 0 Å². The fraction of sp³-hybridized carbons (Fsp3) is 0.462. The standard InChI is InChI=1S/C13H16O10/c14-3-7-8(17)9(18)10(19)13(22-7)23-11-5(15)1-4(12(20)21)2-6(11)16/h1-2,7-10,13-19H,3H2,(H,20,21)/t7-,8-,9+,10-,13?/m1/s1. The van der Waals surface area contributed by atoms with Gasteiger partial charge in [-0.2, -0.15) is 0 Å². The van der Waals surface area contributed by atoms with Crippen molar-refractivity contribution in [1.29, 1.82) is 0 Å². The Balaban J connectivity index is 2.26. The summed E-state index contributed by atoms with van der Waals surface area (Å²) in [6, 6.07) is 1.61. The van der Waals surface area contributed by atoms with E-state index in [1.54, 1.807) is 0 Å². The Morgan fingerprint density at radius 2 is 1.65 bits per heavy atom. The molecule has 5 atom stereocenters. The van der Waals surface area contributed by atoms with Crippen molar-refractivity contribution >= 4 is 5.97 Å². The van der Waals surface area contributed by atoms with Crippen LogP contribution in [0.1, 0.15) is 10.4 Å². The summed E-state index contributed by atoms with van der Waals surface area (Å²) in [4.78, 5) is 10.8. The first kappa shape index (κ1) is 17.2. The second kappa shape index (κ2) is 6.56. The first-order valence-electron chi connectivity index (χ1n) is 6.52. The van der Waals surface area contributed by atoms with Gasteiger partial charge in [-0.15, -0.1) is 0 Å². The van der Waals surface area contributed by atoms with E-state index in [1.807, 2.05) is 0 Å². The summed E-state index contributed by atoms with van der Waals surface area (Å²) in [7, 11) is 0. The average Bonchev–Trinajstić information content (AvgIpc) is 2.50. The van der Waals surface area contributed by atoms with Crippen LogP contribution in [0.2, 0.25) is 0 Å². The molecule has 0 radical (unpaired) electrons. The number of aromatic carboxylic acids is 1. The molecule has 0 aliphatic carbocycles. The molecule has 0 bridgehead atoms. The van der Waals surface area contributed by atoms with Crippen molar-refractivity contribution in [2.24, 2.45) is 0 Å². The molecule has 1 aliphatic rings. The molecular weight excluding hydrogens is 316 g/mol. The summed E-state index contributed by atoms with van der Waals surface area (Å²) in [6.07, 6.45) is -7.90. The zero-order chi connectivity index (χ0) is 17.3. The van der Waals surface area contributed by atoms with Crippen molar-refractivity contribution in [1.82, 2.24) is 0 Å². The molecule has 1 aromatic rings. The summed E-state index contributed by atoms with van der Waals surface area (Å²) < 4.78 is 10.1. The number of carboxylic acids is 1. The van der Waals surface area contributed by atoms with Crippen molar-refractivity contribution < 1.29 is 50.0 Å². The fourth-order valence-electron chi connectivity index (χ4n) is 2.12. The second-order valence-corrected chi connectivity index (χ2v) is 4.96. The lowest BCUT2D eigenvalue weighted by atomic mass is 9.99. The van der Waals surface area contributed by atoms with E-state index in [0.717, 1.165) is 12.1 Å². The highest BCUT2D eigenvalue weighted by Crippen LogP contribution is 2.39. The van der Waals surface area contributed by atoms with E-state index in [0.29, 0.717) is 0 Å². The van der Waals surface area contributed by atoms with Gasteiger partial charge in [-0.3, -0.25) is 0 Å². The average molecular weight is 332 g/mol. The molecule has 1 aliphatic heterocycles. The number of ether oxygens (including phenoxy) is 2. The minimum Gasteiger partial charge on any atom is -0.504 e. The Kier molecular flexibility index (Phi) is 4.92. The van der Waals surface area contributed by atoms with Crippen LogP contribution in [0.4, 0.5) is 0 Å². The number of aliphatic hydroxyl groups is 4. The highest BCUT2D eigenvalue weighted by Gasteiger charge is 2.45. The zero-order valence-corrected chi connectivity index (χ0v) is 11.6. The third kappa shape index (κ3) is 3.30. The maximum absolute atomic E-state index is 10.8. The van der Waals surface area contributed by atoms with Gasteiger partial charge in [0, 0.05) is 0 Å². The topological polar surface area (TPSA) is 177 Å². The largest absolute Gasteiger partial charge is 0.504 e. The molecule has 7 N–H and O–H groups in total. The highest BCUT2D eigenvalue weighted by atomic mass is 16.7. The lowest BCUT2D eigenvalue weighted by Gasteiger charge is -2.39. The van der Waals surface area contributed by atoms with Crippen molar-refractivity contribution in [3.63, 3.8) is 0 Å². The van der Waals surface area contributed by atoms with Gasteiger partial charge >= 0.3 is 5.97 Å². The highest BCUT2D eigenvalue weighted by molar-refractivity contribution is 5.89. The van der Waals surface area contributed by atoms with Crippen molar-refractivity contribution in [2.75, 3.05) is 6.61 Å². The predicted octanol–water partition coefficient (Wildman–Crippen LogP) is -2.03. The molecule has 0 amide bonds. The Labute approximate surface area is 129 Å². The van der Waals surface area contributed by atoms with E-state index in [9.17, 15) is 30.3 Å². The number of carbonyl (C=O) groups is 1. The molecule has 10 heteroatoms. The molecule has 10 nitrogen and oxygen atoms in total. The SMILES string of the molecule is O=C(O)c1cc(O)c(OC2O[C@H](CO)[C@@H](O)[C@H](O)[C@H]2O)c(O)c1. The number of hydrogen-bond acceptors (Lipinski definition) is 9. The van der Waals surface area contributed by atoms with Gasteiger partial charge in [-0.25, -0.2) is 4.79 Å². The summed E-state index contributed by atoms with van der Waals surface area (Å²) in [5.74, 6) is -3.45. The molecule has 1 fully saturated rings. The van der Waals surface area contributed by atoms with Gasteiger partial charge in [0.15, 0.2) is 11.5 Å². The minimum absolute atomic E-state index is 0.402. The van der Waals surface area contributed by atoms with Crippen molar-refractivity contribution in [3.05, 3.63) is 17.7 Å². The van der Waals surface area contributed by atoms with Gasteiger partial charge in [0.05, 0.1) is 12.2 Å². The van der Waals surface area contributed by atoms with Crippen molar-refractivity contribution in [3.8, 4) is 17.2 Å². The number of rotatable bonds is 4. The van der Waals surface area contributed by atoms with Crippen LogP contribution in [0.25, 0.3) is 0 Å². The number of phenols is 2. The Hall–Kier alpha value is -2.11. The number of aromatic hydroxyl groups is 2. The van der Waals surface area contributed by atoms with Crippen LogP contribution < -0.4 is 4.74 Å². The summed E-state index contributed by atoms with van der Waals surface area (Å²) >= 11 is 0. The summed E-state index contributed by atoms with van der Waals surface area (Å²) in [5.41, 5.74) is -0.402. The first-order valence-corrected chi connectivity index (χ1v) is 6.52. The number of hydrogen-bond donors (Lipinski definition) is 7. The molecule has 0 aromatic heterocycles. The molecule has 23 heavy (non-hydrogen) atoms. The Morgan fingerprint density at radius 3 is 2.13 bits per heavy atom. The lowest BCUT2D eigenvalue weighted by Crippen LogP contribution is -2.60. The Bertz CT molecular complexity index is 563. The quantitative estimate of drug-likeness (QED) is 0.325. The zero-order valence-electron chi connectivity index (χ0n) is 11.6. The number of phenolic OH excluding ortho intramolecular Hbond substituents is 2. The molecule has 1 heterocycles. The molecular formula is C13H16O10. The molecule has 1 unspecified atom stereocenters. The van der Waals surface area contributed by atoms with E-state index < -0.39 is 66.1 Å². The normalized spacial score (nSPS) is 30.9. The lowest BCUT2D eigenvalue weighted by molar-refractivity contribution is -0.277. The molecule has 1 saturated heterocycles. The molecule has 2 rings (SSSR count). The third-order valence-electron chi connectivity index (χ3n) is 3.38. The summed E-state index contributed by atoms with van der Waals surface area (Å²) in [5, 5.41) is 66.4. The molecule has 128 valence electrons. The fourth-order valence-corrected chi connectivity index (χ4v) is 2.12. The van der Waals surface area contributed by atoms with E-state index in [4.69, 9.17) is 19.7 Å². The van der Waals surface area contributed by atoms with Gasteiger partial charge < -0.3 is 45.2 Å². The first-order chi connectivity index (χ1) is 10.8. The van der Waals surface area contributed by atoms with Crippen LogP contribution in [0.3, 0.4) is 0 Å².